The normalized spacial score (nSPS) is 11.0. The molecule has 2 aromatic heterocycles. The molecule has 0 aliphatic heterocycles. The second-order valence-electron chi connectivity index (χ2n) is 4.23. The van der Waals surface area contributed by atoms with Crippen molar-refractivity contribution >= 4 is 28.2 Å². The van der Waals surface area contributed by atoms with Gasteiger partial charge in [0.25, 0.3) is 0 Å². The second kappa shape index (κ2) is 4.51. The lowest BCUT2D eigenvalue weighted by atomic mass is 10.2. The molecule has 0 bridgehead atoms. The summed E-state index contributed by atoms with van der Waals surface area (Å²) in [5.41, 5.74) is 1.50. The molecule has 3 rings (SSSR count). The van der Waals surface area contributed by atoms with E-state index in [4.69, 9.17) is 5.11 Å². The molecule has 0 fully saturated rings. The van der Waals surface area contributed by atoms with Crippen molar-refractivity contribution in [1.29, 1.82) is 0 Å². The largest absolute Gasteiger partial charge is 0.477 e. The number of aromatic nitrogens is 1. The average Bonchev–Trinajstić information content (AvgIpc) is 2.97. The Kier molecular flexibility index (Phi) is 2.83. The Balaban J connectivity index is 2.03. The molecule has 0 aliphatic rings. The van der Waals surface area contributed by atoms with Gasteiger partial charge in [-0.05, 0) is 46.7 Å². The number of hydrogen-bond acceptors (Lipinski definition) is 2. The third-order valence-electron chi connectivity index (χ3n) is 3.02. The minimum atomic E-state index is -0.923. The van der Waals surface area contributed by atoms with Gasteiger partial charge in [-0.2, -0.15) is 0 Å². The quantitative estimate of drug-likeness (QED) is 0.793. The van der Waals surface area contributed by atoms with Crippen LogP contribution in [0, 0.1) is 5.82 Å². The summed E-state index contributed by atoms with van der Waals surface area (Å²) in [6.45, 7) is 0.429. The molecule has 0 aliphatic carbocycles. The van der Waals surface area contributed by atoms with Gasteiger partial charge in [-0.3, -0.25) is 0 Å². The van der Waals surface area contributed by atoms with Crippen LogP contribution < -0.4 is 0 Å². The minimum absolute atomic E-state index is 0.295. The van der Waals surface area contributed by atoms with Crippen LogP contribution in [-0.2, 0) is 6.54 Å². The highest BCUT2D eigenvalue weighted by Crippen LogP contribution is 2.22. The van der Waals surface area contributed by atoms with Crippen LogP contribution in [0.5, 0.6) is 0 Å². The van der Waals surface area contributed by atoms with Gasteiger partial charge in [-0.25, -0.2) is 9.18 Å². The molecule has 1 aromatic carbocycles. The van der Waals surface area contributed by atoms with Gasteiger partial charge in [0.05, 0.1) is 5.52 Å². The number of rotatable bonds is 3. The zero-order valence-corrected chi connectivity index (χ0v) is 10.7. The summed E-state index contributed by atoms with van der Waals surface area (Å²) >= 11 is 1.20. The Morgan fingerprint density at radius 3 is 2.95 bits per heavy atom. The highest BCUT2D eigenvalue weighted by Gasteiger charge is 2.12. The predicted molar refractivity (Wildman–Crippen MR) is 72.3 cm³/mol. The fourth-order valence-corrected chi connectivity index (χ4v) is 2.88. The van der Waals surface area contributed by atoms with Crippen molar-refractivity contribution < 1.29 is 14.3 Å². The summed E-state index contributed by atoms with van der Waals surface area (Å²) in [5.74, 6) is -1.22. The number of carboxylic acids is 1. The highest BCUT2D eigenvalue weighted by molar-refractivity contribution is 7.12. The van der Waals surface area contributed by atoms with Crippen LogP contribution in [0.25, 0.3) is 10.9 Å². The maximum Gasteiger partial charge on any atom is 0.346 e. The Morgan fingerprint density at radius 1 is 1.32 bits per heavy atom. The van der Waals surface area contributed by atoms with Crippen molar-refractivity contribution in [3.8, 4) is 0 Å². The van der Waals surface area contributed by atoms with Gasteiger partial charge in [-0.1, -0.05) is 0 Å². The zero-order chi connectivity index (χ0) is 13.4. The molecule has 1 N–H and O–H groups in total. The van der Waals surface area contributed by atoms with E-state index < -0.39 is 5.97 Å². The van der Waals surface area contributed by atoms with Gasteiger partial charge in [0.1, 0.15) is 10.7 Å². The van der Waals surface area contributed by atoms with Gasteiger partial charge in [-0.15, -0.1) is 11.3 Å². The number of carboxylic acid groups (broad SMARTS) is 1. The molecule has 0 radical (unpaired) electrons. The third kappa shape index (κ3) is 2.13. The number of thiophene rings is 1. The lowest BCUT2D eigenvalue weighted by molar-refractivity contribution is 0.0701. The number of aromatic carboxylic acids is 1. The first-order valence-corrected chi connectivity index (χ1v) is 6.57. The van der Waals surface area contributed by atoms with Gasteiger partial charge in [0.2, 0.25) is 0 Å². The first-order chi connectivity index (χ1) is 9.15. The highest BCUT2D eigenvalue weighted by atomic mass is 32.1. The maximum absolute atomic E-state index is 13.3. The van der Waals surface area contributed by atoms with Crippen LogP contribution in [0.15, 0.2) is 41.9 Å². The van der Waals surface area contributed by atoms with E-state index in [0.717, 1.165) is 16.5 Å². The molecule has 3 nitrogen and oxygen atoms in total. The molecule has 0 saturated heterocycles. The summed E-state index contributed by atoms with van der Waals surface area (Å²) in [4.78, 5) is 11.4. The Bertz CT molecular complexity index is 760. The van der Waals surface area contributed by atoms with Gasteiger partial charge >= 0.3 is 5.97 Å². The molecular formula is C14H10FNO2S. The van der Waals surface area contributed by atoms with E-state index in [-0.39, 0.29) is 5.82 Å². The molecule has 96 valence electrons. The molecule has 2 heterocycles. The van der Waals surface area contributed by atoms with Crippen molar-refractivity contribution in [3.05, 3.63) is 58.2 Å². The SMILES string of the molecule is O=C(O)c1sccc1Cn1ccc2ccc(F)cc21. The van der Waals surface area contributed by atoms with E-state index in [9.17, 15) is 9.18 Å². The summed E-state index contributed by atoms with van der Waals surface area (Å²) < 4.78 is 15.1. The number of hydrogen-bond donors (Lipinski definition) is 1. The van der Waals surface area contributed by atoms with Gasteiger partial charge < -0.3 is 9.67 Å². The third-order valence-corrected chi connectivity index (χ3v) is 3.96. The van der Waals surface area contributed by atoms with E-state index >= 15 is 0 Å². The molecule has 0 atom stereocenters. The van der Waals surface area contributed by atoms with Crippen LogP contribution in [0.4, 0.5) is 4.39 Å². The molecule has 3 aromatic rings. The average molecular weight is 275 g/mol. The van der Waals surface area contributed by atoms with E-state index in [0.29, 0.717) is 11.4 Å². The minimum Gasteiger partial charge on any atom is -0.477 e. The molecule has 19 heavy (non-hydrogen) atoms. The summed E-state index contributed by atoms with van der Waals surface area (Å²) in [7, 11) is 0. The predicted octanol–water partition coefficient (Wildman–Crippen LogP) is 3.59. The summed E-state index contributed by atoms with van der Waals surface area (Å²) in [6, 6.07) is 8.27. The lowest BCUT2D eigenvalue weighted by Gasteiger charge is -2.05. The van der Waals surface area contributed by atoms with Crippen LogP contribution in [0.1, 0.15) is 15.2 Å². The molecule has 0 saturated carbocycles. The fraction of sp³-hybridized carbons (Fsp3) is 0.0714. The monoisotopic (exact) mass is 275 g/mol. The first-order valence-electron chi connectivity index (χ1n) is 5.69. The van der Waals surface area contributed by atoms with Crippen molar-refractivity contribution in [1.82, 2.24) is 4.57 Å². The van der Waals surface area contributed by atoms with Crippen molar-refractivity contribution in [3.63, 3.8) is 0 Å². The smallest absolute Gasteiger partial charge is 0.346 e. The number of halogens is 1. The van der Waals surface area contributed by atoms with Gasteiger partial charge in [0.15, 0.2) is 0 Å². The zero-order valence-electron chi connectivity index (χ0n) is 9.84. The van der Waals surface area contributed by atoms with Crippen LogP contribution in [0.2, 0.25) is 0 Å². The Morgan fingerprint density at radius 2 is 2.16 bits per heavy atom. The lowest BCUT2D eigenvalue weighted by Crippen LogP contribution is -2.03. The first kappa shape index (κ1) is 11.9. The standard InChI is InChI=1S/C14H10FNO2S/c15-11-2-1-9-3-5-16(12(9)7-11)8-10-4-6-19-13(10)14(17)18/h1-7H,8H2,(H,17,18). The van der Waals surface area contributed by atoms with E-state index in [1.54, 1.807) is 17.5 Å². The Hall–Kier alpha value is -2.14. The fourth-order valence-electron chi connectivity index (χ4n) is 2.13. The van der Waals surface area contributed by atoms with Crippen molar-refractivity contribution in [2.45, 2.75) is 6.54 Å². The van der Waals surface area contributed by atoms with Crippen LogP contribution >= 0.6 is 11.3 Å². The second-order valence-corrected chi connectivity index (χ2v) is 5.14. The summed E-state index contributed by atoms with van der Waals surface area (Å²) in [5, 5.41) is 11.8. The van der Waals surface area contributed by atoms with E-state index in [1.165, 1.54) is 23.5 Å². The van der Waals surface area contributed by atoms with Crippen LogP contribution in [0.3, 0.4) is 0 Å². The number of fused-ring (bicyclic) bond motifs is 1. The van der Waals surface area contributed by atoms with Gasteiger partial charge in [0, 0.05) is 12.7 Å². The molecule has 0 spiro atoms. The molecule has 5 heteroatoms. The molecule has 0 unspecified atom stereocenters. The number of carbonyl (C=O) groups is 1. The number of benzene rings is 1. The van der Waals surface area contributed by atoms with Crippen molar-refractivity contribution in [2.24, 2.45) is 0 Å². The maximum atomic E-state index is 13.3. The molecule has 0 amide bonds. The van der Waals surface area contributed by atoms with Crippen LogP contribution in [-0.4, -0.2) is 15.6 Å². The molecular weight excluding hydrogens is 265 g/mol. The topological polar surface area (TPSA) is 42.2 Å². The van der Waals surface area contributed by atoms with Crippen molar-refractivity contribution in [2.75, 3.05) is 0 Å². The Labute approximate surface area is 112 Å². The van der Waals surface area contributed by atoms with E-state index in [2.05, 4.69) is 0 Å². The number of nitrogens with zero attached hydrogens (tertiary/aromatic N) is 1. The van der Waals surface area contributed by atoms with E-state index in [1.807, 2.05) is 16.8 Å². The summed E-state index contributed by atoms with van der Waals surface area (Å²) in [6.07, 6.45) is 1.84.